The van der Waals surface area contributed by atoms with Gasteiger partial charge in [0.25, 0.3) is 0 Å². The van der Waals surface area contributed by atoms with Gasteiger partial charge in [0, 0.05) is 31.3 Å². The first-order chi connectivity index (χ1) is 15.4. The number of aromatic amines is 1. The molecule has 3 aromatic rings. The first-order valence-corrected chi connectivity index (χ1v) is 11.8. The predicted octanol–water partition coefficient (Wildman–Crippen LogP) is 4.01. The average Bonchev–Trinajstić information content (AvgIpc) is 3.45. The molecule has 0 spiro atoms. The second-order valence-corrected chi connectivity index (χ2v) is 9.83. The summed E-state index contributed by atoms with van der Waals surface area (Å²) in [5.41, 5.74) is 1.76. The van der Waals surface area contributed by atoms with Gasteiger partial charge in [-0.25, -0.2) is 9.97 Å². The van der Waals surface area contributed by atoms with Crippen molar-refractivity contribution in [2.45, 2.75) is 45.6 Å². The Balaban J connectivity index is 1.28. The number of hydrogen-bond donors (Lipinski definition) is 2. The van der Waals surface area contributed by atoms with Crippen LogP contribution in [0, 0.1) is 5.41 Å². The summed E-state index contributed by atoms with van der Waals surface area (Å²) in [6.45, 7) is 6.05. The summed E-state index contributed by atoms with van der Waals surface area (Å²) in [7, 11) is 0. The van der Waals surface area contributed by atoms with Gasteiger partial charge in [0.05, 0.1) is 19.1 Å². The smallest absolute Gasteiger partial charge is 0.303 e. The highest BCUT2D eigenvalue weighted by molar-refractivity contribution is 7.07. The topological polar surface area (TPSA) is 104 Å². The van der Waals surface area contributed by atoms with Crippen molar-refractivity contribution >= 4 is 23.1 Å². The Hall–Kier alpha value is -2.78. The number of carboxylic acid groups (broad SMARTS) is 1. The number of anilines is 1. The molecule has 0 radical (unpaired) electrons. The van der Waals surface area contributed by atoms with E-state index in [4.69, 9.17) is 9.84 Å². The largest absolute Gasteiger partial charge is 0.481 e. The number of piperidine rings is 1. The maximum atomic E-state index is 11.0. The summed E-state index contributed by atoms with van der Waals surface area (Å²) in [6.07, 6.45) is 4.64. The molecule has 0 bridgehead atoms. The van der Waals surface area contributed by atoms with E-state index in [1.54, 1.807) is 11.3 Å². The molecular weight excluding hydrogens is 426 g/mol. The summed E-state index contributed by atoms with van der Waals surface area (Å²) in [5, 5.41) is 20.5. The van der Waals surface area contributed by atoms with Crippen LogP contribution in [0.2, 0.25) is 0 Å². The normalized spacial score (nSPS) is 15.2. The van der Waals surface area contributed by atoms with Crippen LogP contribution >= 0.6 is 11.3 Å². The van der Waals surface area contributed by atoms with Gasteiger partial charge in [-0.2, -0.15) is 16.4 Å². The van der Waals surface area contributed by atoms with E-state index in [2.05, 4.69) is 41.9 Å². The number of ether oxygens (including phenoxy) is 1. The lowest BCUT2D eigenvalue weighted by Crippen LogP contribution is -2.38. The Morgan fingerprint density at radius 2 is 2.12 bits per heavy atom. The fourth-order valence-electron chi connectivity index (χ4n) is 3.85. The van der Waals surface area contributed by atoms with Crippen molar-refractivity contribution in [2.75, 3.05) is 24.6 Å². The Morgan fingerprint density at radius 1 is 1.31 bits per heavy atom. The van der Waals surface area contributed by atoms with E-state index in [1.807, 2.05) is 32.2 Å². The Labute approximate surface area is 191 Å². The average molecular weight is 456 g/mol. The van der Waals surface area contributed by atoms with Gasteiger partial charge in [-0.1, -0.05) is 13.8 Å². The molecule has 32 heavy (non-hydrogen) atoms. The number of carbonyl (C=O) groups is 1. The number of aromatic nitrogens is 4. The van der Waals surface area contributed by atoms with Crippen LogP contribution in [0.5, 0.6) is 0 Å². The van der Waals surface area contributed by atoms with Crippen LogP contribution in [0.25, 0.3) is 11.4 Å². The second-order valence-electron chi connectivity index (χ2n) is 9.05. The molecule has 1 fully saturated rings. The van der Waals surface area contributed by atoms with Crippen LogP contribution in [-0.2, 0) is 16.0 Å². The van der Waals surface area contributed by atoms with Crippen LogP contribution in [0.3, 0.4) is 0 Å². The molecule has 4 heterocycles. The summed E-state index contributed by atoms with van der Waals surface area (Å²) in [6, 6.07) is 6.12. The number of thiophene rings is 1. The minimum atomic E-state index is -0.785. The number of carboxylic acids is 1. The Kier molecular flexibility index (Phi) is 6.86. The van der Waals surface area contributed by atoms with Crippen LogP contribution in [0.1, 0.15) is 44.5 Å². The lowest BCUT2D eigenvalue weighted by atomic mass is 9.90. The summed E-state index contributed by atoms with van der Waals surface area (Å²) < 4.78 is 6.02. The highest BCUT2D eigenvalue weighted by Gasteiger charge is 2.26. The molecule has 9 heteroatoms. The van der Waals surface area contributed by atoms with Crippen LogP contribution < -0.4 is 4.90 Å². The van der Waals surface area contributed by atoms with Gasteiger partial charge >= 0.3 is 5.97 Å². The third-order valence-corrected chi connectivity index (χ3v) is 6.33. The maximum Gasteiger partial charge on any atom is 0.303 e. The number of aliphatic carboxylic acids is 1. The van der Waals surface area contributed by atoms with Gasteiger partial charge in [-0.05, 0) is 52.8 Å². The molecular formula is C23H29N5O3S. The molecule has 8 nitrogen and oxygen atoms in total. The van der Waals surface area contributed by atoms with E-state index in [9.17, 15) is 4.79 Å². The predicted molar refractivity (Wildman–Crippen MR) is 124 cm³/mol. The molecule has 0 saturated carbocycles. The lowest BCUT2D eigenvalue weighted by molar-refractivity contribution is -0.140. The number of nitrogens with one attached hydrogen (secondary N) is 1. The molecule has 0 aromatic carbocycles. The van der Waals surface area contributed by atoms with Crippen molar-refractivity contribution in [3.63, 3.8) is 0 Å². The van der Waals surface area contributed by atoms with E-state index in [1.165, 1.54) is 5.56 Å². The number of pyridine rings is 1. The monoisotopic (exact) mass is 455 g/mol. The molecule has 0 amide bonds. The first-order valence-electron chi connectivity index (χ1n) is 10.9. The Bertz CT molecular complexity index is 1010. The van der Waals surface area contributed by atoms with E-state index in [0.717, 1.165) is 49.6 Å². The maximum absolute atomic E-state index is 11.0. The standard InChI is InChI=1S/C23H29N5O3S/c1-23(2,12-21(29)30)15-31-18-5-8-28(9-6-18)20-4-3-17(13-24-20)22-25-19(26-27-22)11-16-7-10-32-14-16/h3-4,7,10,13-14,18H,5-6,8-9,11-12,15H2,1-2H3,(H,29,30)(H,25,26,27). The van der Waals surface area contributed by atoms with Gasteiger partial charge in [-0.15, -0.1) is 0 Å². The zero-order valence-corrected chi connectivity index (χ0v) is 19.3. The SMILES string of the molecule is CC(C)(COC1CCN(c2ccc(-c3n[nH]c(Cc4ccsc4)n3)cn2)CC1)CC(=O)O. The van der Waals surface area contributed by atoms with Gasteiger partial charge in [-0.3, -0.25) is 9.89 Å². The molecule has 0 atom stereocenters. The molecule has 0 unspecified atom stereocenters. The lowest BCUT2D eigenvalue weighted by Gasteiger charge is -2.34. The molecule has 1 aliphatic heterocycles. The third kappa shape index (κ3) is 5.92. The van der Waals surface area contributed by atoms with E-state index >= 15 is 0 Å². The molecule has 3 aromatic heterocycles. The highest BCUT2D eigenvalue weighted by atomic mass is 32.1. The van der Waals surface area contributed by atoms with Crippen molar-refractivity contribution in [3.8, 4) is 11.4 Å². The molecule has 2 N–H and O–H groups in total. The van der Waals surface area contributed by atoms with E-state index in [0.29, 0.717) is 12.4 Å². The van der Waals surface area contributed by atoms with Crippen LogP contribution in [-0.4, -0.2) is 57.0 Å². The third-order valence-electron chi connectivity index (χ3n) is 5.59. The van der Waals surface area contributed by atoms with Gasteiger partial charge in [0.15, 0.2) is 5.82 Å². The van der Waals surface area contributed by atoms with Crippen molar-refractivity contribution in [1.29, 1.82) is 0 Å². The molecule has 4 rings (SSSR count). The van der Waals surface area contributed by atoms with Gasteiger partial charge in [0.1, 0.15) is 11.6 Å². The van der Waals surface area contributed by atoms with Gasteiger partial charge in [0.2, 0.25) is 0 Å². The molecule has 1 aliphatic rings. The summed E-state index contributed by atoms with van der Waals surface area (Å²) >= 11 is 1.68. The second kappa shape index (κ2) is 9.79. The van der Waals surface area contributed by atoms with Crippen LogP contribution in [0.4, 0.5) is 5.82 Å². The van der Waals surface area contributed by atoms with Gasteiger partial charge < -0.3 is 14.7 Å². The summed E-state index contributed by atoms with van der Waals surface area (Å²) in [4.78, 5) is 22.5. The van der Waals surface area contributed by atoms with Crippen molar-refractivity contribution < 1.29 is 14.6 Å². The van der Waals surface area contributed by atoms with Crippen molar-refractivity contribution in [1.82, 2.24) is 20.2 Å². The minimum Gasteiger partial charge on any atom is -0.481 e. The number of H-pyrrole nitrogens is 1. The zero-order valence-electron chi connectivity index (χ0n) is 18.5. The summed E-state index contributed by atoms with van der Waals surface area (Å²) in [5.74, 6) is 1.65. The minimum absolute atomic E-state index is 0.114. The fraction of sp³-hybridized carbons (Fsp3) is 0.478. The molecule has 0 aliphatic carbocycles. The fourth-order valence-corrected chi connectivity index (χ4v) is 4.52. The van der Waals surface area contributed by atoms with Crippen molar-refractivity contribution in [2.24, 2.45) is 5.41 Å². The van der Waals surface area contributed by atoms with Crippen molar-refractivity contribution in [3.05, 3.63) is 46.5 Å². The quantitative estimate of drug-likeness (QED) is 0.502. The van der Waals surface area contributed by atoms with Crippen LogP contribution in [0.15, 0.2) is 35.2 Å². The van der Waals surface area contributed by atoms with E-state index < -0.39 is 5.97 Å². The first kappa shape index (κ1) is 22.4. The number of hydrogen-bond acceptors (Lipinski definition) is 7. The number of nitrogens with zero attached hydrogens (tertiary/aromatic N) is 4. The Morgan fingerprint density at radius 3 is 2.78 bits per heavy atom. The zero-order chi connectivity index (χ0) is 22.6. The highest BCUT2D eigenvalue weighted by Crippen LogP contribution is 2.26. The molecule has 170 valence electrons. The molecule has 1 saturated heterocycles. The van der Waals surface area contributed by atoms with E-state index in [-0.39, 0.29) is 17.9 Å². The number of rotatable bonds is 9.